The molecule has 0 amide bonds. The van der Waals surface area contributed by atoms with Crippen molar-refractivity contribution in [2.75, 3.05) is 39.6 Å². The Labute approximate surface area is 651 Å². The maximum Gasteiger partial charge on any atom is 0.472 e. The first-order chi connectivity index (χ1) is 51.6. The lowest BCUT2D eigenvalue weighted by atomic mass is 9.99. The molecule has 19 heteroatoms. The van der Waals surface area contributed by atoms with Gasteiger partial charge in [-0.2, -0.15) is 0 Å². The van der Waals surface area contributed by atoms with Gasteiger partial charge in [-0.15, -0.1) is 0 Å². The number of hydrogen-bond acceptors (Lipinski definition) is 15. The van der Waals surface area contributed by atoms with E-state index in [9.17, 15) is 43.2 Å². The standard InChI is InChI=1S/C87H170O17P2/c1-6-10-13-16-19-22-25-26-27-28-29-30-31-32-36-39-42-47-51-56-61-66-71-85(90)98-77-83(104-87(92)73-68-63-58-53-48-43-40-37-34-33-35-38-41-46-49-54-59-64-69-80(5)9-4)79-102-106(95,96)100-75-81(88)74-99-105(93,94)101-78-82(103-86(91)72-67-62-57-52-45-24-21-18-15-12-8-3)76-97-84(89)70-65-60-55-50-44-23-20-17-14-11-7-2/h80-83,88H,6-79H2,1-5H3,(H,93,94)(H,95,96)/t80?,81-,82+,83+/m0/s1. The Hall–Kier alpha value is -1.94. The van der Waals surface area contributed by atoms with E-state index < -0.39 is 97.5 Å². The highest BCUT2D eigenvalue weighted by Gasteiger charge is 2.30. The van der Waals surface area contributed by atoms with Gasteiger partial charge in [0.2, 0.25) is 0 Å². The van der Waals surface area contributed by atoms with Crippen molar-refractivity contribution in [3.05, 3.63) is 0 Å². The molecule has 6 atom stereocenters. The van der Waals surface area contributed by atoms with Gasteiger partial charge in [-0.05, 0) is 31.6 Å². The first kappa shape index (κ1) is 104. The van der Waals surface area contributed by atoms with Crippen LogP contribution in [0, 0.1) is 5.92 Å². The monoisotopic (exact) mass is 1550 g/mol. The van der Waals surface area contributed by atoms with E-state index in [2.05, 4.69) is 34.6 Å². The molecule has 0 saturated carbocycles. The van der Waals surface area contributed by atoms with Gasteiger partial charge < -0.3 is 33.8 Å². The zero-order valence-corrected chi connectivity index (χ0v) is 71.4. The van der Waals surface area contributed by atoms with Crippen molar-refractivity contribution in [2.45, 2.75) is 490 Å². The molecule has 3 N–H and O–H groups in total. The Morgan fingerprint density at radius 3 is 0.670 bits per heavy atom. The fourth-order valence-electron chi connectivity index (χ4n) is 13.6. The van der Waals surface area contributed by atoms with Crippen LogP contribution in [-0.4, -0.2) is 96.7 Å². The van der Waals surface area contributed by atoms with Gasteiger partial charge in [0, 0.05) is 25.7 Å². The summed E-state index contributed by atoms with van der Waals surface area (Å²) < 4.78 is 68.8. The van der Waals surface area contributed by atoms with Crippen molar-refractivity contribution >= 4 is 39.5 Å². The molecular formula is C87H170O17P2. The van der Waals surface area contributed by atoms with Crippen LogP contribution in [0.2, 0.25) is 0 Å². The number of carbonyl (C=O) groups is 4. The summed E-state index contributed by atoms with van der Waals surface area (Å²) in [4.78, 5) is 73.2. The average Bonchev–Trinajstić information content (AvgIpc) is 0.902. The minimum Gasteiger partial charge on any atom is -0.462 e. The summed E-state index contributed by atoms with van der Waals surface area (Å²) in [6.07, 6.45) is 73.7. The molecule has 630 valence electrons. The van der Waals surface area contributed by atoms with Gasteiger partial charge in [0.25, 0.3) is 0 Å². The number of ether oxygens (including phenoxy) is 4. The number of hydrogen-bond donors (Lipinski definition) is 3. The highest BCUT2D eigenvalue weighted by molar-refractivity contribution is 7.47. The Balaban J connectivity index is 5.18. The molecule has 0 aliphatic rings. The first-order valence-electron chi connectivity index (χ1n) is 45.2. The topological polar surface area (TPSA) is 237 Å². The van der Waals surface area contributed by atoms with Gasteiger partial charge >= 0.3 is 39.5 Å². The third-order valence-electron chi connectivity index (χ3n) is 20.9. The van der Waals surface area contributed by atoms with Crippen LogP contribution < -0.4 is 0 Å². The van der Waals surface area contributed by atoms with Crippen LogP contribution in [0.1, 0.15) is 471 Å². The van der Waals surface area contributed by atoms with Crippen LogP contribution in [-0.2, 0) is 65.4 Å². The highest BCUT2D eigenvalue weighted by atomic mass is 31.2. The molecular weight excluding hydrogens is 1380 g/mol. The van der Waals surface area contributed by atoms with E-state index in [-0.39, 0.29) is 25.7 Å². The third kappa shape index (κ3) is 78.7. The first-order valence-corrected chi connectivity index (χ1v) is 48.2. The van der Waals surface area contributed by atoms with Gasteiger partial charge in [0.05, 0.1) is 26.4 Å². The van der Waals surface area contributed by atoms with Crippen molar-refractivity contribution in [1.29, 1.82) is 0 Å². The summed E-state index contributed by atoms with van der Waals surface area (Å²) in [5.74, 6) is -1.23. The number of rotatable bonds is 87. The summed E-state index contributed by atoms with van der Waals surface area (Å²) in [6.45, 7) is 7.42. The van der Waals surface area contributed by atoms with Gasteiger partial charge in [-0.1, -0.05) is 420 Å². The molecule has 0 radical (unpaired) electrons. The van der Waals surface area contributed by atoms with E-state index in [1.54, 1.807) is 0 Å². The van der Waals surface area contributed by atoms with Crippen LogP contribution in [0.3, 0.4) is 0 Å². The van der Waals surface area contributed by atoms with E-state index in [4.69, 9.17) is 37.0 Å². The number of aliphatic hydroxyl groups excluding tert-OH is 1. The molecule has 17 nitrogen and oxygen atoms in total. The van der Waals surface area contributed by atoms with Gasteiger partial charge in [0.15, 0.2) is 12.2 Å². The lowest BCUT2D eigenvalue weighted by Gasteiger charge is -2.21. The van der Waals surface area contributed by atoms with Gasteiger partial charge in [-0.25, -0.2) is 9.13 Å². The van der Waals surface area contributed by atoms with E-state index in [0.29, 0.717) is 25.7 Å². The predicted molar refractivity (Wildman–Crippen MR) is 437 cm³/mol. The number of carbonyl (C=O) groups excluding carboxylic acids is 4. The van der Waals surface area contributed by atoms with E-state index in [0.717, 1.165) is 95.8 Å². The lowest BCUT2D eigenvalue weighted by Crippen LogP contribution is -2.30. The van der Waals surface area contributed by atoms with Gasteiger partial charge in [-0.3, -0.25) is 37.3 Å². The maximum atomic E-state index is 13.2. The molecule has 0 aliphatic heterocycles. The zero-order chi connectivity index (χ0) is 77.6. The van der Waals surface area contributed by atoms with Crippen LogP contribution in [0.5, 0.6) is 0 Å². The second kappa shape index (κ2) is 79.7. The summed E-state index contributed by atoms with van der Waals surface area (Å²) in [6, 6.07) is 0. The molecule has 0 bridgehead atoms. The Bertz CT molecular complexity index is 2020. The second-order valence-electron chi connectivity index (χ2n) is 31.5. The third-order valence-corrected chi connectivity index (χ3v) is 22.8. The fraction of sp³-hybridized carbons (Fsp3) is 0.954. The minimum absolute atomic E-state index is 0.108. The van der Waals surface area contributed by atoms with E-state index in [1.807, 2.05) is 0 Å². The van der Waals surface area contributed by atoms with Crippen molar-refractivity contribution in [3.8, 4) is 0 Å². The summed E-state index contributed by atoms with van der Waals surface area (Å²) in [7, 11) is -9.92. The number of esters is 4. The molecule has 0 rings (SSSR count). The maximum absolute atomic E-state index is 13.2. The van der Waals surface area contributed by atoms with Crippen molar-refractivity contribution in [1.82, 2.24) is 0 Å². The molecule has 0 saturated heterocycles. The summed E-state index contributed by atoms with van der Waals surface area (Å²) in [5.41, 5.74) is 0. The largest absolute Gasteiger partial charge is 0.472 e. The molecule has 0 aromatic heterocycles. The molecule has 0 heterocycles. The Morgan fingerprint density at radius 1 is 0.264 bits per heavy atom. The number of phosphoric ester groups is 2. The van der Waals surface area contributed by atoms with Crippen LogP contribution >= 0.6 is 15.6 Å². The molecule has 0 aliphatic carbocycles. The lowest BCUT2D eigenvalue weighted by molar-refractivity contribution is -0.161. The highest BCUT2D eigenvalue weighted by Crippen LogP contribution is 2.45. The van der Waals surface area contributed by atoms with Gasteiger partial charge in [0.1, 0.15) is 19.3 Å². The quantitative estimate of drug-likeness (QED) is 0.0222. The molecule has 106 heavy (non-hydrogen) atoms. The van der Waals surface area contributed by atoms with Crippen molar-refractivity contribution in [2.24, 2.45) is 5.92 Å². The fourth-order valence-corrected chi connectivity index (χ4v) is 15.2. The Kier molecular flexibility index (Phi) is 78.2. The second-order valence-corrected chi connectivity index (χ2v) is 34.4. The zero-order valence-electron chi connectivity index (χ0n) is 69.6. The number of phosphoric acid groups is 2. The normalized spacial score (nSPS) is 14.0. The molecule has 0 spiro atoms. The number of aliphatic hydroxyl groups is 1. The molecule has 3 unspecified atom stereocenters. The number of unbranched alkanes of at least 4 members (excludes halogenated alkanes) is 58. The summed E-state index contributed by atoms with van der Waals surface area (Å²) in [5, 5.41) is 10.7. The van der Waals surface area contributed by atoms with Crippen molar-refractivity contribution in [3.63, 3.8) is 0 Å². The minimum atomic E-state index is -4.97. The average molecular weight is 1550 g/mol. The van der Waals surface area contributed by atoms with Crippen molar-refractivity contribution < 1.29 is 80.2 Å². The summed E-state index contributed by atoms with van der Waals surface area (Å²) >= 11 is 0. The SMILES string of the molecule is CCCCCCCCCCCCCCCCCCCCCCCCC(=O)OC[C@H](COP(=O)(O)OC[C@@H](O)COP(=O)(O)OC[C@@H](COC(=O)CCCCCCCCCCCCC)OC(=O)CCCCCCCCCCCCC)OC(=O)CCCCCCCCCCCCCCCCCCCCC(C)CC. The van der Waals surface area contributed by atoms with Crippen LogP contribution in [0.4, 0.5) is 0 Å². The van der Waals surface area contributed by atoms with E-state index >= 15 is 0 Å². The molecule has 0 fully saturated rings. The van der Waals surface area contributed by atoms with Crippen LogP contribution in [0.25, 0.3) is 0 Å². The smallest absolute Gasteiger partial charge is 0.462 e. The van der Waals surface area contributed by atoms with E-state index in [1.165, 1.54) is 295 Å². The predicted octanol–water partition coefficient (Wildman–Crippen LogP) is 26.8. The molecule has 0 aromatic rings. The molecule has 0 aromatic carbocycles. The van der Waals surface area contributed by atoms with Crippen LogP contribution in [0.15, 0.2) is 0 Å². The Morgan fingerprint density at radius 2 is 0.453 bits per heavy atom.